The molecule has 2 amide bonds. The quantitative estimate of drug-likeness (QED) is 0.261. The SMILES string of the molecule is CN/C=C(\C=N)c1ccc(CCC(=O)N2CCC(CC(=O)NC(Cc3ccc(OC)cc3)C(=O)OC)CC2)cc1. The third-order valence-corrected chi connectivity index (χ3v) is 7.23. The fourth-order valence-electron chi connectivity index (χ4n) is 4.87. The summed E-state index contributed by atoms with van der Waals surface area (Å²) < 4.78 is 10.1. The van der Waals surface area contributed by atoms with Gasteiger partial charge in [-0.15, -0.1) is 0 Å². The summed E-state index contributed by atoms with van der Waals surface area (Å²) in [5.74, 6) is 0.325. The lowest BCUT2D eigenvalue weighted by atomic mass is 9.92. The van der Waals surface area contributed by atoms with Gasteiger partial charge in [0.2, 0.25) is 11.8 Å². The van der Waals surface area contributed by atoms with Gasteiger partial charge in [-0.25, -0.2) is 4.79 Å². The van der Waals surface area contributed by atoms with Gasteiger partial charge in [-0.3, -0.25) is 9.59 Å². The Hall–Kier alpha value is -4.14. The second-order valence-corrected chi connectivity index (χ2v) is 9.95. The van der Waals surface area contributed by atoms with Crippen molar-refractivity contribution in [2.24, 2.45) is 5.92 Å². The molecular formula is C31H40N4O5. The Bertz CT molecular complexity index is 1170. The number of rotatable bonds is 13. The van der Waals surface area contributed by atoms with Crippen LogP contribution in [0.4, 0.5) is 0 Å². The Labute approximate surface area is 236 Å². The van der Waals surface area contributed by atoms with Gasteiger partial charge in [0.1, 0.15) is 11.8 Å². The van der Waals surface area contributed by atoms with Crippen LogP contribution in [0.25, 0.3) is 5.57 Å². The molecule has 40 heavy (non-hydrogen) atoms. The molecule has 0 saturated carbocycles. The Morgan fingerprint density at radius 3 is 2.25 bits per heavy atom. The van der Waals surface area contributed by atoms with Gasteiger partial charge in [-0.2, -0.15) is 0 Å². The number of carbonyl (C=O) groups excluding carboxylic acids is 3. The molecule has 2 aromatic carbocycles. The van der Waals surface area contributed by atoms with Crippen LogP contribution in [-0.2, 0) is 32.0 Å². The first-order valence-corrected chi connectivity index (χ1v) is 13.6. The Morgan fingerprint density at radius 2 is 1.68 bits per heavy atom. The van der Waals surface area contributed by atoms with Crippen LogP contribution < -0.4 is 15.4 Å². The van der Waals surface area contributed by atoms with Crippen LogP contribution in [0.1, 0.15) is 42.4 Å². The van der Waals surface area contributed by atoms with Crippen molar-refractivity contribution in [1.82, 2.24) is 15.5 Å². The zero-order valence-electron chi connectivity index (χ0n) is 23.6. The zero-order valence-corrected chi connectivity index (χ0v) is 23.6. The smallest absolute Gasteiger partial charge is 0.328 e. The predicted octanol–water partition coefficient (Wildman–Crippen LogP) is 3.37. The minimum atomic E-state index is -0.766. The average Bonchev–Trinajstić information content (AvgIpc) is 2.99. The summed E-state index contributed by atoms with van der Waals surface area (Å²) in [7, 11) is 4.70. The molecule has 0 aliphatic carbocycles. The molecular weight excluding hydrogens is 508 g/mol. The number of hydrogen-bond donors (Lipinski definition) is 3. The number of nitrogens with zero attached hydrogens (tertiary/aromatic N) is 1. The van der Waals surface area contributed by atoms with E-state index in [4.69, 9.17) is 14.9 Å². The van der Waals surface area contributed by atoms with Gasteiger partial charge >= 0.3 is 5.97 Å². The van der Waals surface area contributed by atoms with E-state index in [1.165, 1.54) is 13.3 Å². The summed E-state index contributed by atoms with van der Waals surface area (Å²) in [4.78, 5) is 39.8. The maximum atomic E-state index is 12.8. The average molecular weight is 549 g/mol. The summed E-state index contributed by atoms with van der Waals surface area (Å²) >= 11 is 0. The standard InChI is InChI=1S/C31H40N4O5/c1-33-21-26(20-32)25-9-4-22(5-10-25)8-13-30(37)35-16-14-24(15-17-35)19-29(36)34-28(31(38)40-3)18-23-6-11-27(39-2)12-7-23/h4-7,9-12,20-21,24,28,32-33H,8,13-19H2,1-3H3,(H,34,36)/b26-21+,32-20?. The predicted molar refractivity (Wildman–Crippen MR) is 155 cm³/mol. The highest BCUT2D eigenvalue weighted by Gasteiger charge is 2.27. The van der Waals surface area contributed by atoms with Crippen LogP contribution >= 0.6 is 0 Å². The van der Waals surface area contributed by atoms with Crippen molar-refractivity contribution in [3.63, 3.8) is 0 Å². The first-order chi connectivity index (χ1) is 19.4. The fourth-order valence-corrected chi connectivity index (χ4v) is 4.87. The van der Waals surface area contributed by atoms with E-state index in [0.29, 0.717) is 38.8 Å². The maximum Gasteiger partial charge on any atom is 0.328 e. The number of likely N-dealkylation sites (tertiary alicyclic amines) is 1. The first kappa shape index (κ1) is 30.4. The van der Waals surface area contributed by atoms with Crippen LogP contribution in [0.3, 0.4) is 0 Å². The third-order valence-electron chi connectivity index (χ3n) is 7.23. The normalized spacial score (nSPS) is 14.7. The molecule has 0 aromatic heterocycles. The number of nitrogens with one attached hydrogen (secondary N) is 3. The second kappa shape index (κ2) is 15.5. The molecule has 3 N–H and O–H groups in total. The van der Waals surface area contributed by atoms with E-state index in [2.05, 4.69) is 10.6 Å². The Morgan fingerprint density at radius 1 is 1.02 bits per heavy atom. The summed E-state index contributed by atoms with van der Waals surface area (Å²) in [6.07, 6.45) is 6.31. The number of allylic oxidation sites excluding steroid dienone is 1. The molecule has 214 valence electrons. The molecule has 1 aliphatic heterocycles. The molecule has 9 heteroatoms. The van der Waals surface area contributed by atoms with Crippen LogP contribution in [0.2, 0.25) is 0 Å². The van der Waals surface area contributed by atoms with Gasteiger partial charge in [-0.1, -0.05) is 36.4 Å². The Kier molecular flexibility index (Phi) is 11.7. The van der Waals surface area contributed by atoms with Crippen molar-refractivity contribution in [2.75, 3.05) is 34.4 Å². The number of aryl methyl sites for hydroxylation is 1. The van der Waals surface area contributed by atoms with Gasteiger partial charge in [0, 0.05) is 57.4 Å². The maximum absolute atomic E-state index is 12.8. The Balaban J connectivity index is 1.43. The lowest BCUT2D eigenvalue weighted by Crippen LogP contribution is -2.44. The molecule has 1 heterocycles. The number of hydrogen-bond acceptors (Lipinski definition) is 7. The van der Waals surface area contributed by atoms with E-state index >= 15 is 0 Å². The fraction of sp³-hybridized carbons (Fsp3) is 0.419. The van der Waals surface area contributed by atoms with Crippen LogP contribution in [0, 0.1) is 11.3 Å². The molecule has 0 spiro atoms. The first-order valence-electron chi connectivity index (χ1n) is 13.6. The molecule has 1 saturated heterocycles. The van der Waals surface area contributed by atoms with Crippen molar-refractivity contribution in [2.45, 2.75) is 44.6 Å². The highest BCUT2D eigenvalue weighted by Crippen LogP contribution is 2.22. The van der Waals surface area contributed by atoms with E-state index in [0.717, 1.165) is 40.9 Å². The van der Waals surface area contributed by atoms with Gasteiger partial charge in [-0.05, 0) is 54.0 Å². The molecule has 9 nitrogen and oxygen atoms in total. The van der Waals surface area contributed by atoms with Crippen molar-refractivity contribution >= 4 is 29.6 Å². The summed E-state index contributed by atoms with van der Waals surface area (Å²) in [5, 5.41) is 13.3. The van der Waals surface area contributed by atoms with Crippen LogP contribution in [0.5, 0.6) is 5.75 Å². The van der Waals surface area contributed by atoms with Crippen LogP contribution in [-0.4, -0.2) is 69.3 Å². The van der Waals surface area contributed by atoms with Crippen molar-refractivity contribution in [3.05, 3.63) is 71.4 Å². The highest BCUT2D eigenvalue weighted by molar-refractivity contribution is 6.08. The topological polar surface area (TPSA) is 121 Å². The van der Waals surface area contributed by atoms with Crippen molar-refractivity contribution < 1.29 is 23.9 Å². The molecule has 0 bridgehead atoms. The number of methoxy groups -OCH3 is 2. The van der Waals surface area contributed by atoms with E-state index in [1.54, 1.807) is 20.4 Å². The highest BCUT2D eigenvalue weighted by atomic mass is 16.5. The monoisotopic (exact) mass is 548 g/mol. The number of ether oxygens (including phenoxy) is 2. The lowest BCUT2D eigenvalue weighted by molar-refractivity contribution is -0.145. The zero-order chi connectivity index (χ0) is 28.9. The summed E-state index contributed by atoms with van der Waals surface area (Å²) in [5.41, 5.74) is 3.71. The number of amides is 2. The minimum absolute atomic E-state index is 0.118. The summed E-state index contributed by atoms with van der Waals surface area (Å²) in [6.45, 7) is 1.25. The third kappa shape index (κ3) is 8.97. The number of benzene rings is 2. The molecule has 1 unspecified atom stereocenters. The second-order valence-electron chi connectivity index (χ2n) is 9.95. The van der Waals surface area contributed by atoms with Gasteiger partial charge in [0.15, 0.2) is 0 Å². The van der Waals surface area contributed by atoms with Crippen molar-refractivity contribution in [1.29, 1.82) is 5.41 Å². The molecule has 3 rings (SSSR count). The molecule has 2 aromatic rings. The largest absolute Gasteiger partial charge is 0.497 e. The summed E-state index contributed by atoms with van der Waals surface area (Å²) in [6, 6.07) is 14.5. The minimum Gasteiger partial charge on any atom is -0.497 e. The van der Waals surface area contributed by atoms with Crippen molar-refractivity contribution in [3.8, 4) is 5.75 Å². The molecule has 0 radical (unpaired) electrons. The van der Waals surface area contributed by atoms with Gasteiger partial charge in [0.25, 0.3) is 0 Å². The number of esters is 1. The molecule has 1 atom stereocenters. The number of piperidine rings is 1. The van der Waals surface area contributed by atoms with Crippen LogP contribution in [0.15, 0.2) is 54.7 Å². The lowest BCUT2D eigenvalue weighted by Gasteiger charge is -2.32. The van der Waals surface area contributed by atoms with E-state index in [9.17, 15) is 14.4 Å². The van der Waals surface area contributed by atoms with E-state index in [1.807, 2.05) is 53.4 Å². The van der Waals surface area contributed by atoms with E-state index < -0.39 is 12.0 Å². The molecule has 1 aliphatic rings. The number of carbonyl (C=O) groups is 3. The van der Waals surface area contributed by atoms with Gasteiger partial charge in [0.05, 0.1) is 14.2 Å². The molecule has 1 fully saturated rings. The van der Waals surface area contributed by atoms with Gasteiger partial charge < -0.3 is 30.4 Å². The van der Waals surface area contributed by atoms with E-state index in [-0.39, 0.29) is 17.7 Å².